The van der Waals surface area contributed by atoms with Crippen LogP contribution in [0.2, 0.25) is 0 Å². The van der Waals surface area contributed by atoms with Crippen LogP contribution in [0.4, 0.5) is 14.5 Å². The van der Waals surface area contributed by atoms with E-state index in [1.165, 1.54) is 0 Å². The first-order valence-electron chi connectivity index (χ1n) is 7.23. The van der Waals surface area contributed by atoms with Crippen LogP contribution in [-0.2, 0) is 4.79 Å². The number of nitriles is 1. The van der Waals surface area contributed by atoms with Crippen LogP contribution in [0.3, 0.4) is 0 Å². The molecular formula is C16H17F2N3O. The lowest BCUT2D eigenvalue weighted by Gasteiger charge is -2.22. The van der Waals surface area contributed by atoms with Crippen molar-refractivity contribution in [1.29, 1.82) is 5.26 Å². The highest BCUT2D eigenvalue weighted by atomic mass is 19.1. The van der Waals surface area contributed by atoms with Crippen molar-refractivity contribution in [3.05, 3.63) is 41.6 Å². The number of hydrogen-bond acceptors (Lipinski definition) is 3. The molecule has 1 fully saturated rings. The van der Waals surface area contributed by atoms with Gasteiger partial charge >= 0.3 is 0 Å². The van der Waals surface area contributed by atoms with Crippen LogP contribution in [0.5, 0.6) is 0 Å². The van der Waals surface area contributed by atoms with E-state index < -0.39 is 17.5 Å². The van der Waals surface area contributed by atoms with E-state index in [0.717, 1.165) is 56.5 Å². The Bertz CT molecular complexity index is 616. The summed E-state index contributed by atoms with van der Waals surface area (Å²) in [5.41, 5.74) is -0.299. The fourth-order valence-electron chi connectivity index (χ4n) is 2.42. The maximum absolute atomic E-state index is 13.5. The van der Waals surface area contributed by atoms with Gasteiger partial charge in [0.25, 0.3) is 5.91 Å². The molecule has 2 N–H and O–H groups in total. The molecule has 1 amide bonds. The molecule has 0 unspecified atom stereocenters. The lowest BCUT2D eigenvalue weighted by atomic mass is 9.95. The molecule has 0 heterocycles. The van der Waals surface area contributed by atoms with Gasteiger partial charge < -0.3 is 10.6 Å². The van der Waals surface area contributed by atoms with Gasteiger partial charge in [-0.25, -0.2) is 8.78 Å². The Morgan fingerprint density at radius 1 is 1.27 bits per heavy atom. The first kappa shape index (κ1) is 16.0. The van der Waals surface area contributed by atoms with Crippen molar-refractivity contribution in [2.24, 2.45) is 0 Å². The molecule has 2 rings (SSSR count). The Morgan fingerprint density at radius 3 is 2.68 bits per heavy atom. The van der Waals surface area contributed by atoms with E-state index in [-0.39, 0.29) is 17.3 Å². The Hall–Kier alpha value is -2.42. The lowest BCUT2D eigenvalue weighted by Crippen LogP contribution is -2.37. The topological polar surface area (TPSA) is 64.9 Å². The second-order valence-corrected chi connectivity index (χ2v) is 5.25. The van der Waals surface area contributed by atoms with Crippen molar-refractivity contribution in [1.82, 2.24) is 5.32 Å². The third kappa shape index (κ3) is 4.29. The molecule has 1 aromatic carbocycles. The standard InChI is InChI=1S/C16H17F2N3O/c17-12-6-7-14(18)15(8-12)20-10-11(9-19)16(22)21-13-4-2-1-3-5-13/h6-8,10,13,20H,1-5H2,(H,21,22)/b11-10-. The van der Waals surface area contributed by atoms with Crippen LogP contribution in [0.1, 0.15) is 32.1 Å². The number of rotatable bonds is 4. The lowest BCUT2D eigenvalue weighted by molar-refractivity contribution is -0.118. The number of hydrogen-bond donors (Lipinski definition) is 2. The van der Waals surface area contributed by atoms with Crippen LogP contribution in [0.25, 0.3) is 0 Å². The van der Waals surface area contributed by atoms with Crippen LogP contribution < -0.4 is 10.6 Å². The van der Waals surface area contributed by atoms with Crippen LogP contribution in [0, 0.1) is 23.0 Å². The number of anilines is 1. The van der Waals surface area contributed by atoms with E-state index in [1.807, 2.05) is 0 Å². The number of nitrogens with one attached hydrogen (secondary N) is 2. The molecule has 0 aliphatic heterocycles. The molecule has 0 radical (unpaired) electrons. The normalized spacial score (nSPS) is 16.0. The molecule has 6 heteroatoms. The van der Waals surface area contributed by atoms with Gasteiger partial charge in [0.15, 0.2) is 0 Å². The van der Waals surface area contributed by atoms with Crippen LogP contribution in [0.15, 0.2) is 30.0 Å². The molecule has 1 saturated carbocycles. The molecule has 0 bridgehead atoms. The highest BCUT2D eigenvalue weighted by molar-refractivity contribution is 5.97. The quantitative estimate of drug-likeness (QED) is 0.663. The first-order valence-corrected chi connectivity index (χ1v) is 7.23. The molecule has 4 nitrogen and oxygen atoms in total. The van der Waals surface area contributed by atoms with Gasteiger partial charge in [-0.05, 0) is 25.0 Å². The van der Waals surface area contributed by atoms with Crippen molar-refractivity contribution in [3.8, 4) is 6.07 Å². The van der Waals surface area contributed by atoms with Crippen molar-refractivity contribution in [2.75, 3.05) is 5.32 Å². The Morgan fingerprint density at radius 2 is 2.00 bits per heavy atom. The summed E-state index contributed by atoms with van der Waals surface area (Å²) in [7, 11) is 0. The van der Waals surface area contributed by atoms with Crippen molar-refractivity contribution < 1.29 is 13.6 Å². The monoisotopic (exact) mass is 305 g/mol. The summed E-state index contributed by atoms with van der Waals surface area (Å²) in [5, 5.41) is 14.3. The zero-order valence-corrected chi connectivity index (χ0v) is 12.0. The summed E-state index contributed by atoms with van der Waals surface area (Å²) < 4.78 is 26.5. The number of halogens is 2. The number of carbonyl (C=O) groups excluding carboxylic acids is 1. The molecule has 22 heavy (non-hydrogen) atoms. The minimum atomic E-state index is -0.664. The summed E-state index contributed by atoms with van der Waals surface area (Å²) in [6.07, 6.45) is 6.17. The average Bonchev–Trinajstić information content (AvgIpc) is 2.52. The molecular weight excluding hydrogens is 288 g/mol. The van der Waals surface area contributed by atoms with Gasteiger partial charge in [-0.15, -0.1) is 0 Å². The zero-order valence-electron chi connectivity index (χ0n) is 12.0. The van der Waals surface area contributed by atoms with E-state index in [2.05, 4.69) is 10.6 Å². The molecule has 1 aromatic rings. The van der Waals surface area contributed by atoms with E-state index in [9.17, 15) is 13.6 Å². The Balaban J connectivity index is 2.02. The summed E-state index contributed by atoms with van der Waals surface area (Å²) in [6, 6.07) is 4.76. The summed E-state index contributed by atoms with van der Waals surface area (Å²) in [4.78, 5) is 12.0. The van der Waals surface area contributed by atoms with Gasteiger partial charge in [0.05, 0.1) is 5.69 Å². The minimum absolute atomic E-state index is 0.0731. The molecule has 0 aromatic heterocycles. The highest BCUT2D eigenvalue weighted by Gasteiger charge is 2.18. The van der Waals surface area contributed by atoms with Gasteiger partial charge in [-0.1, -0.05) is 19.3 Å². The maximum atomic E-state index is 13.5. The zero-order chi connectivity index (χ0) is 15.9. The maximum Gasteiger partial charge on any atom is 0.263 e. The predicted molar refractivity (Wildman–Crippen MR) is 78.7 cm³/mol. The number of carbonyl (C=O) groups is 1. The molecule has 0 atom stereocenters. The first-order chi connectivity index (χ1) is 10.6. The van der Waals surface area contributed by atoms with E-state index in [0.29, 0.717) is 0 Å². The van der Waals surface area contributed by atoms with E-state index in [1.54, 1.807) is 6.07 Å². The molecule has 1 aliphatic carbocycles. The Labute approximate surface area is 127 Å². The van der Waals surface area contributed by atoms with Gasteiger partial charge in [0.1, 0.15) is 23.3 Å². The second kappa shape index (κ2) is 7.55. The van der Waals surface area contributed by atoms with Gasteiger partial charge in [0.2, 0.25) is 0 Å². The van der Waals surface area contributed by atoms with Crippen LogP contribution >= 0.6 is 0 Å². The summed E-state index contributed by atoms with van der Waals surface area (Å²) in [5.74, 6) is -1.77. The van der Waals surface area contributed by atoms with Crippen LogP contribution in [-0.4, -0.2) is 11.9 Å². The number of benzene rings is 1. The molecule has 116 valence electrons. The van der Waals surface area contributed by atoms with Gasteiger partial charge in [-0.2, -0.15) is 5.26 Å². The van der Waals surface area contributed by atoms with Crippen molar-refractivity contribution in [2.45, 2.75) is 38.1 Å². The summed E-state index contributed by atoms with van der Waals surface area (Å²) >= 11 is 0. The SMILES string of the molecule is N#C/C(=C/Nc1cc(F)ccc1F)C(=O)NC1CCCCC1. The smallest absolute Gasteiger partial charge is 0.263 e. The third-order valence-corrected chi connectivity index (χ3v) is 3.61. The van der Waals surface area contributed by atoms with Gasteiger partial charge in [-0.3, -0.25) is 4.79 Å². The molecule has 0 saturated heterocycles. The Kier molecular flexibility index (Phi) is 5.48. The predicted octanol–water partition coefficient (Wildman–Crippen LogP) is 3.23. The summed E-state index contributed by atoms with van der Waals surface area (Å²) in [6.45, 7) is 0. The van der Waals surface area contributed by atoms with E-state index >= 15 is 0 Å². The largest absolute Gasteiger partial charge is 0.358 e. The second-order valence-electron chi connectivity index (χ2n) is 5.25. The van der Waals surface area contributed by atoms with Gasteiger partial charge in [0, 0.05) is 18.3 Å². The number of amides is 1. The molecule has 1 aliphatic rings. The van der Waals surface area contributed by atoms with Crippen molar-refractivity contribution >= 4 is 11.6 Å². The fraction of sp³-hybridized carbons (Fsp3) is 0.375. The minimum Gasteiger partial charge on any atom is -0.358 e. The highest BCUT2D eigenvalue weighted by Crippen LogP contribution is 2.18. The number of nitrogens with zero attached hydrogens (tertiary/aromatic N) is 1. The molecule has 0 spiro atoms. The van der Waals surface area contributed by atoms with E-state index in [4.69, 9.17) is 5.26 Å². The fourth-order valence-corrected chi connectivity index (χ4v) is 2.42. The van der Waals surface area contributed by atoms with Crippen molar-refractivity contribution in [3.63, 3.8) is 0 Å². The average molecular weight is 305 g/mol. The third-order valence-electron chi connectivity index (χ3n) is 3.61.